The first-order valence-electron chi connectivity index (χ1n) is 15.2. The summed E-state index contributed by atoms with van der Waals surface area (Å²) in [6.07, 6.45) is 0.183. The van der Waals surface area contributed by atoms with Crippen molar-refractivity contribution in [3.05, 3.63) is 128 Å². The van der Waals surface area contributed by atoms with Gasteiger partial charge in [0.2, 0.25) is 11.8 Å². The average molecular weight is 715 g/mol. The van der Waals surface area contributed by atoms with E-state index in [4.69, 9.17) is 34.8 Å². The van der Waals surface area contributed by atoms with Gasteiger partial charge in [0, 0.05) is 34.6 Å². The van der Waals surface area contributed by atoms with Crippen LogP contribution in [0.4, 0.5) is 5.69 Å². The normalized spacial score (nSPS) is 12.1. The number of hydrogen-bond acceptors (Lipinski definition) is 4. The predicted molar refractivity (Wildman–Crippen MR) is 191 cm³/mol. The van der Waals surface area contributed by atoms with Crippen LogP contribution in [0.5, 0.6) is 0 Å². The molecule has 0 bridgehead atoms. The molecule has 248 valence electrons. The maximum atomic E-state index is 14.6. The number of nitrogens with zero attached hydrogens (tertiary/aromatic N) is 2. The number of hydrogen-bond donors (Lipinski definition) is 1. The highest BCUT2D eigenvalue weighted by atomic mass is 35.5. The summed E-state index contributed by atoms with van der Waals surface area (Å²) in [6.45, 7) is 7.22. The van der Waals surface area contributed by atoms with E-state index < -0.39 is 28.5 Å². The van der Waals surface area contributed by atoms with Gasteiger partial charge in [0.05, 0.1) is 10.6 Å². The Bertz CT molecular complexity index is 1820. The van der Waals surface area contributed by atoms with Crippen LogP contribution >= 0.6 is 34.8 Å². The van der Waals surface area contributed by atoms with Crippen LogP contribution in [0.15, 0.2) is 95.9 Å². The fourth-order valence-electron chi connectivity index (χ4n) is 5.03. The summed E-state index contributed by atoms with van der Waals surface area (Å²) in [5, 5.41) is 4.05. The van der Waals surface area contributed by atoms with E-state index in [1.807, 2.05) is 51.1 Å². The fraction of sp³-hybridized carbons (Fsp3) is 0.278. The van der Waals surface area contributed by atoms with Crippen molar-refractivity contribution in [1.29, 1.82) is 0 Å². The first-order valence-corrected chi connectivity index (χ1v) is 17.7. The molecule has 11 heteroatoms. The molecule has 0 saturated carbocycles. The zero-order valence-corrected chi connectivity index (χ0v) is 29.8. The molecule has 1 atom stereocenters. The highest BCUT2D eigenvalue weighted by Gasteiger charge is 2.35. The summed E-state index contributed by atoms with van der Waals surface area (Å²) in [5.41, 5.74) is 2.99. The third kappa shape index (κ3) is 9.29. The van der Waals surface area contributed by atoms with Crippen molar-refractivity contribution in [1.82, 2.24) is 10.2 Å². The Kier molecular flexibility index (Phi) is 12.4. The zero-order chi connectivity index (χ0) is 34.3. The quantitative estimate of drug-likeness (QED) is 0.153. The number of aryl methyl sites for hydroxylation is 1. The Balaban J connectivity index is 1.85. The van der Waals surface area contributed by atoms with Crippen LogP contribution in [-0.4, -0.2) is 44.3 Å². The van der Waals surface area contributed by atoms with Gasteiger partial charge >= 0.3 is 0 Å². The molecule has 0 fully saturated rings. The third-order valence-electron chi connectivity index (χ3n) is 7.71. The summed E-state index contributed by atoms with van der Waals surface area (Å²) in [4.78, 5) is 30.0. The van der Waals surface area contributed by atoms with Gasteiger partial charge in [0.1, 0.15) is 12.6 Å². The summed E-state index contributed by atoms with van der Waals surface area (Å²) in [5.74, 6) is -0.813. The van der Waals surface area contributed by atoms with Crippen LogP contribution in [0.2, 0.25) is 15.1 Å². The van der Waals surface area contributed by atoms with Gasteiger partial charge in [-0.1, -0.05) is 109 Å². The minimum Gasteiger partial charge on any atom is -0.354 e. The molecule has 1 N–H and O–H groups in total. The molecule has 7 nitrogen and oxygen atoms in total. The van der Waals surface area contributed by atoms with Gasteiger partial charge in [0.15, 0.2) is 0 Å². The van der Waals surface area contributed by atoms with Crippen molar-refractivity contribution in [2.24, 2.45) is 5.92 Å². The molecule has 0 aliphatic heterocycles. The first-order chi connectivity index (χ1) is 22.3. The topological polar surface area (TPSA) is 86.8 Å². The van der Waals surface area contributed by atoms with Crippen LogP contribution in [0, 0.1) is 19.8 Å². The Hall–Kier alpha value is -3.56. The maximum Gasteiger partial charge on any atom is 0.264 e. The summed E-state index contributed by atoms with van der Waals surface area (Å²) < 4.78 is 29.6. The molecule has 0 spiro atoms. The van der Waals surface area contributed by atoms with Crippen LogP contribution < -0.4 is 9.62 Å². The van der Waals surface area contributed by atoms with E-state index in [-0.39, 0.29) is 35.4 Å². The molecule has 2 amide bonds. The lowest BCUT2D eigenvalue weighted by Crippen LogP contribution is -2.53. The van der Waals surface area contributed by atoms with Crippen molar-refractivity contribution in [2.75, 3.05) is 17.4 Å². The van der Waals surface area contributed by atoms with E-state index in [1.165, 1.54) is 17.0 Å². The molecule has 4 aromatic rings. The molecular weight excluding hydrogens is 677 g/mol. The minimum atomic E-state index is -4.27. The van der Waals surface area contributed by atoms with Crippen molar-refractivity contribution in [3.63, 3.8) is 0 Å². The second-order valence-electron chi connectivity index (χ2n) is 11.8. The highest BCUT2D eigenvalue weighted by Crippen LogP contribution is 2.32. The Morgan fingerprint density at radius 2 is 1.51 bits per heavy atom. The molecule has 0 heterocycles. The van der Waals surface area contributed by atoms with Gasteiger partial charge in [0.25, 0.3) is 10.0 Å². The summed E-state index contributed by atoms with van der Waals surface area (Å²) in [6, 6.07) is 24.6. The van der Waals surface area contributed by atoms with Gasteiger partial charge in [-0.25, -0.2) is 8.42 Å². The fourth-order valence-corrected chi connectivity index (χ4v) is 7.14. The van der Waals surface area contributed by atoms with Gasteiger partial charge in [-0.3, -0.25) is 13.9 Å². The molecule has 0 aliphatic carbocycles. The number of carbonyl (C=O) groups excluding carboxylic acids is 2. The second kappa shape index (κ2) is 16.0. The van der Waals surface area contributed by atoms with Crippen molar-refractivity contribution >= 4 is 62.3 Å². The number of anilines is 1. The van der Waals surface area contributed by atoms with Gasteiger partial charge in [-0.15, -0.1) is 0 Å². The smallest absolute Gasteiger partial charge is 0.264 e. The van der Waals surface area contributed by atoms with Gasteiger partial charge < -0.3 is 10.2 Å². The number of sulfonamides is 1. The first kappa shape index (κ1) is 36.3. The van der Waals surface area contributed by atoms with Crippen LogP contribution in [0.3, 0.4) is 0 Å². The maximum absolute atomic E-state index is 14.6. The number of amides is 2. The Morgan fingerprint density at radius 3 is 2.15 bits per heavy atom. The Labute approximate surface area is 292 Å². The van der Waals surface area contributed by atoms with Gasteiger partial charge in [-0.05, 0) is 72.9 Å². The predicted octanol–water partition coefficient (Wildman–Crippen LogP) is 7.87. The molecule has 0 aromatic heterocycles. The molecule has 0 radical (unpaired) electrons. The highest BCUT2D eigenvalue weighted by molar-refractivity contribution is 7.92. The molecule has 4 rings (SSSR count). The van der Waals surface area contributed by atoms with Crippen molar-refractivity contribution in [2.45, 2.75) is 51.6 Å². The monoisotopic (exact) mass is 713 g/mol. The number of benzene rings is 4. The molecule has 0 unspecified atom stereocenters. The van der Waals surface area contributed by atoms with E-state index in [0.29, 0.717) is 32.7 Å². The van der Waals surface area contributed by atoms with E-state index in [2.05, 4.69) is 5.32 Å². The minimum absolute atomic E-state index is 0.0121. The summed E-state index contributed by atoms with van der Waals surface area (Å²) in [7, 11) is -4.27. The van der Waals surface area contributed by atoms with E-state index in [1.54, 1.807) is 55.5 Å². The van der Waals surface area contributed by atoms with Crippen LogP contribution in [0.1, 0.15) is 36.1 Å². The second-order valence-corrected chi connectivity index (χ2v) is 14.9. The number of rotatable bonds is 13. The zero-order valence-electron chi connectivity index (χ0n) is 26.7. The molecule has 0 aliphatic rings. The third-order valence-corrected chi connectivity index (χ3v) is 10.5. The molecule has 47 heavy (non-hydrogen) atoms. The van der Waals surface area contributed by atoms with Crippen molar-refractivity contribution in [3.8, 4) is 0 Å². The molecule has 0 saturated heterocycles. The number of halogens is 3. The van der Waals surface area contributed by atoms with Crippen LogP contribution in [-0.2, 0) is 32.6 Å². The molecular formula is C36H38Cl3N3O4S. The molecule has 4 aromatic carbocycles. The number of nitrogens with one attached hydrogen (secondary N) is 1. The van der Waals surface area contributed by atoms with E-state index >= 15 is 0 Å². The largest absolute Gasteiger partial charge is 0.354 e. The lowest BCUT2D eigenvalue weighted by atomic mass is 10.0. The number of carbonyl (C=O) groups is 2. The lowest BCUT2D eigenvalue weighted by molar-refractivity contribution is -0.140. The van der Waals surface area contributed by atoms with Gasteiger partial charge in [-0.2, -0.15) is 0 Å². The van der Waals surface area contributed by atoms with Crippen molar-refractivity contribution < 1.29 is 18.0 Å². The Morgan fingerprint density at radius 1 is 0.830 bits per heavy atom. The SMILES string of the molecule is Cc1ccc(S(=O)(=O)N(CC(=O)N(Cc2ccc(Cl)cc2Cl)[C@@H](Cc2ccccc2)C(=O)NCC(C)C)c2cccc(Cl)c2C)cc1. The summed E-state index contributed by atoms with van der Waals surface area (Å²) >= 11 is 19.2. The average Bonchev–Trinajstić information content (AvgIpc) is 3.03. The standard InChI is InChI=1S/C36H38Cl3N3O4S/c1-24(2)21-40-36(44)34(19-27-9-6-5-7-10-27)41(22-28-15-16-29(37)20-32(28)39)35(43)23-42(33-12-8-11-31(38)26(33)4)47(45,46)30-17-13-25(3)14-18-30/h5-18,20,24,34H,19,21-23H2,1-4H3,(H,40,44)/t34-/m0/s1. The van der Waals surface area contributed by atoms with Crippen LogP contribution in [0.25, 0.3) is 0 Å². The lowest BCUT2D eigenvalue weighted by Gasteiger charge is -2.34. The van der Waals surface area contributed by atoms with E-state index in [0.717, 1.165) is 15.4 Å². The van der Waals surface area contributed by atoms with E-state index in [9.17, 15) is 18.0 Å².